The number of aromatic carboxylic acids is 1. The van der Waals surface area contributed by atoms with Crippen molar-refractivity contribution in [2.45, 2.75) is 19.3 Å². The summed E-state index contributed by atoms with van der Waals surface area (Å²) in [5.74, 6) is 0.363. The summed E-state index contributed by atoms with van der Waals surface area (Å²) in [6.45, 7) is 2.40. The lowest BCUT2D eigenvalue weighted by molar-refractivity contribution is -0.116. The van der Waals surface area contributed by atoms with Gasteiger partial charge in [0.25, 0.3) is 0 Å². The van der Waals surface area contributed by atoms with E-state index >= 15 is 0 Å². The van der Waals surface area contributed by atoms with Crippen molar-refractivity contribution in [2.75, 3.05) is 26.1 Å². The van der Waals surface area contributed by atoms with E-state index in [2.05, 4.69) is 5.32 Å². The van der Waals surface area contributed by atoms with Crippen molar-refractivity contribution in [3.63, 3.8) is 0 Å². The number of carboxylic acid groups (broad SMARTS) is 1. The zero-order valence-electron chi connectivity index (χ0n) is 17.9. The number of nitrogens with one attached hydrogen (secondary N) is 1. The minimum Gasteiger partial charge on any atom is -0.497 e. The molecule has 0 aliphatic carbocycles. The summed E-state index contributed by atoms with van der Waals surface area (Å²) in [5.41, 5.74) is 2.62. The van der Waals surface area contributed by atoms with Crippen molar-refractivity contribution in [1.29, 1.82) is 0 Å². The summed E-state index contributed by atoms with van der Waals surface area (Å²) < 4.78 is 16.3. The molecule has 1 amide bonds. The van der Waals surface area contributed by atoms with Gasteiger partial charge in [0, 0.05) is 22.8 Å². The van der Waals surface area contributed by atoms with Gasteiger partial charge < -0.3 is 24.6 Å². The van der Waals surface area contributed by atoms with Crippen molar-refractivity contribution in [2.24, 2.45) is 0 Å². The number of amides is 1. The molecule has 0 radical (unpaired) electrons. The van der Waals surface area contributed by atoms with Crippen molar-refractivity contribution in [3.05, 3.63) is 57.8 Å². The molecule has 0 saturated heterocycles. The summed E-state index contributed by atoms with van der Waals surface area (Å²) in [5, 5.41) is 12.8. The third-order valence-electron chi connectivity index (χ3n) is 5.37. The zero-order valence-corrected chi connectivity index (χ0v) is 18.7. The second kappa shape index (κ2) is 8.92. The number of fused-ring (bicyclic) bond motifs is 1. The minimum atomic E-state index is -1.03. The Bertz CT molecular complexity index is 1170. The summed E-state index contributed by atoms with van der Waals surface area (Å²) >= 11 is 1.19. The van der Waals surface area contributed by atoms with Gasteiger partial charge in [-0.25, -0.2) is 4.79 Å². The number of carbonyl (C=O) groups is 2. The fraction of sp³-hybridized carbons (Fsp3) is 0.250. The molecule has 8 heteroatoms. The van der Waals surface area contributed by atoms with Gasteiger partial charge in [0.1, 0.15) is 10.6 Å². The molecule has 0 unspecified atom stereocenters. The fourth-order valence-electron chi connectivity index (χ4n) is 3.92. The van der Waals surface area contributed by atoms with Crippen LogP contribution in [-0.4, -0.2) is 37.8 Å². The predicted molar refractivity (Wildman–Crippen MR) is 123 cm³/mol. The van der Waals surface area contributed by atoms with Gasteiger partial charge in [-0.1, -0.05) is 18.2 Å². The van der Waals surface area contributed by atoms with E-state index in [1.807, 2.05) is 25.1 Å². The first-order chi connectivity index (χ1) is 15.5. The summed E-state index contributed by atoms with van der Waals surface area (Å²) in [4.78, 5) is 25.8. The van der Waals surface area contributed by atoms with Crippen LogP contribution in [0.1, 0.15) is 39.4 Å². The van der Waals surface area contributed by atoms with Gasteiger partial charge in [-0.3, -0.25) is 4.79 Å². The molecule has 0 spiro atoms. The van der Waals surface area contributed by atoms with Crippen molar-refractivity contribution in [1.82, 2.24) is 0 Å². The van der Waals surface area contributed by atoms with E-state index in [1.165, 1.54) is 11.3 Å². The quantitative estimate of drug-likeness (QED) is 0.523. The van der Waals surface area contributed by atoms with Crippen LogP contribution in [0, 0.1) is 0 Å². The lowest BCUT2D eigenvalue weighted by Gasteiger charge is -2.24. The molecule has 32 heavy (non-hydrogen) atoms. The third-order valence-corrected chi connectivity index (χ3v) is 6.66. The predicted octanol–water partition coefficient (Wildman–Crippen LogP) is 5.00. The van der Waals surface area contributed by atoms with Gasteiger partial charge in [-0.05, 0) is 42.3 Å². The third kappa shape index (κ3) is 3.89. The number of thiophene rings is 1. The Morgan fingerprint density at radius 2 is 1.88 bits per heavy atom. The van der Waals surface area contributed by atoms with Gasteiger partial charge >= 0.3 is 5.97 Å². The van der Waals surface area contributed by atoms with Gasteiger partial charge in [0.15, 0.2) is 11.5 Å². The number of rotatable bonds is 7. The van der Waals surface area contributed by atoms with E-state index in [4.69, 9.17) is 14.2 Å². The molecule has 7 nitrogen and oxygen atoms in total. The number of methoxy groups -OCH3 is 2. The molecule has 0 saturated carbocycles. The first kappa shape index (κ1) is 21.7. The van der Waals surface area contributed by atoms with E-state index in [9.17, 15) is 14.7 Å². The smallest absolute Gasteiger partial charge is 0.346 e. The van der Waals surface area contributed by atoms with Crippen LogP contribution < -0.4 is 19.5 Å². The molecule has 1 aliphatic rings. The second-order valence-corrected chi connectivity index (χ2v) is 8.28. The van der Waals surface area contributed by atoms with E-state index < -0.39 is 5.97 Å². The summed E-state index contributed by atoms with van der Waals surface area (Å²) in [7, 11) is 3.14. The molecule has 1 aliphatic heterocycles. The molecular weight excluding hydrogens is 430 g/mol. The number of ether oxygens (including phenoxy) is 3. The highest BCUT2D eigenvalue weighted by Gasteiger charge is 2.34. The Labute approximate surface area is 189 Å². The van der Waals surface area contributed by atoms with Crippen molar-refractivity contribution in [3.8, 4) is 28.4 Å². The summed E-state index contributed by atoms with van der Waals surface area (Å²) in [6.07, 6.45) is 0.214. The topological polar surface area (TPSA) is 94.1 Å². The van der Waals surface area contributed by atoms with Crippen LogP contribution in [0.5, 0.6) is 17.2 Å². The number of carbonyl (C=O) groups excluding carboxylic acids is 1. The van der Waals surface area contributed by atoms with Crippen LogP contribution in [0.25, 0.3) is 11.1 Å². The van der Waals surface area contributed by atoms with Crippen LogP contribution in [0.2, 0.25) is 0 Å². The minimum absolute atomic E-state index is 0.167. The Kier molecular flexibility index (Phi) is 6.05. The van der Waals surface area contributed by atoms with Gasteiger partial charge in [-0.2, -0.15) is 0 Å². The normalized spacial score (nSPS) is 15.0. The van der Waals surface area contributed by atoms with E-state index in [1.54, 1.807) is 38.5 Å². The van der Waals surface area contributed by atoms with E-state index in [-0.39, 0.29) is 23.1 Å². The highest BCUT2D eigenvalue weighted by atomic mass is 32.1. The number of benzene rings is 2. The monoisotopic (exact) mass is 453 g/mol. The maximum Gasteiger partial charge on any atom is 0.346 e. The lowest BCUT2D eigenvalue weighted by Crippen LogP contribution is -2.22. The second-order valence-electron chi connectivity index (χ2n) is 7.23. The molecule has 2 N–H and O–H groups in total. The maximum atomic E-state index is 12.7. The Morgan fingerprint density at radius 3 is 2.50 bits per heavy atom. The largest absolute Gasteiger partial charge is 0.497 e. The van der Waals surface area contributed by atoms with Crippen LogP contribution >= 0.6 is 11.3 Å². The fourth-order valence-corrected chi connectivity index (χ4v) is 5.16. The molecule has 2 aromatic carbocycles. The van der Waals surface area contributed by atoms with Gasteiger partial charge in [0.2, 0.25) is 5.91 Å². The Balaban J connectivity index is 1.86. The standard InChI is InChI=1S/C24H23NO6S/c1-4-31-17-10-7-14(11-18(17)30-3)16-12-19(26)25-21-20(23(24(27)28)32-22(16)21)13-5-8-15(29-2)9-6-13/h5-11,16H,4,12H2,1-3H3,(H,25,26)(H,27,28)/t16-/m1/s1. The molecule has 2 heterocycles. The first-order valence-electron chi connectivity index (χ1n) is 10.1. The number of hydrogen-bond donors (Lipinski definition) is 2. The van der Waals surface area contributed by atoms with Gasteiger partial charge in [0.05, 0.1) is 26.5 Å². The average Bonchev–Trinajstić information content (AvgIpc) is 3.18. The highest BCUT2D eigenvalue weighted by molar-refractivity contribution is 7.15. The Hall–Kier alpha value is -3.52. The van der Waals surface area contributed by atoms with Crippen LogP contribution in [-0.2, 0) is 4.79 Å². The van der Waals surface area contributed by atoms with E-state index in [0.29, 0.717) is 40.7 Å². The van der Waals surface area contributed by atoms with Crippen molar-refractivity contribution >= 4 is 28.9 Å². The van der Waals surface area contributed by atoms with Crippen LogP contribution in [0.15, 0.2) is 42.5 Å². The van der Waals surface area contributed by atoms with Crippen molar-refractivity contribution < 1.29 is 28.9 Å². The number of hydrogen-bond acceptors (Lipinski definition) is 6. The molecule has 0 fully saturated rings. The van der Waals surface area contributed by atoms with Crippen LogP contribution in [0.3, 0.4) is 0 Å². The lowest BCUT2D eigenvalue weighted by atomic mass is 9.88. The summed E-state index contributed by atoms with van der Waals surface area (Å²) in [6, 6.07) is 12.7. The molecule has 4 rings (SSSR count). The molecule has 0 bridgehead atoms. The highest BCUT2D eigenvalue weighted by Crippen LogP contribution is 2.50. The number of anilines is 1. The molecular formula is C24H23NO6S. The zero-order chi connectivity index (χ0) is 22.8. The average molecular weight is 454 g/mol. The molecule has 166 valence electrons. The number of carboxylic acids is 1. The maximum absolute atomic E-state index is 12.7. The van der Waals surface area contributed by atoms with Gasteiger partial charge in [-0.15, -0.1) is 11.3 Å². The van der Waals surface area contributed by atoms with Crippen LogP contribution in [0.4, 0.5) is 5.69 Å². The molecule has 3 aromatic rings. The Morgan fingerprint density at radius 1 is 1.12 bits per heavy atom. The molecule has 1 aromatic heterocycles. The molecule has 1 atom stereocenters. The first-order valence-corrected chi connectivity index (χ1v) is 10.9. The SMILES string of the molecule is CCOc1ccc([C@H]2CC(=O)Nc3c2sc(C(=O)O)c3-c2ccc(OC)cc2)cc1OC. The van der Waals surface area contributed by atoms with E-state index in [0.717, 1.165) is 10.4 Å².